The molecule has 0 aromatic rings. The zero-order valence-electron chi connectivity index (χ0n) is 12.0. The van der Waals surface area contributed by atoms with Crippen molar-refractivity contribution in [3.8, 4) is 0 Å². The lowest BCUT2D eigenvalue weighted by Gasteiger charge is -2.31. The van der Waals surface area contributed by atoms with E-state index in [1.54, 1.807) is 0 Å². The van der Waals surface area contributed by atoms with Crippen LogP contribution in [0.4, 0.5) is 0 Å². The minimum Gasteiger partial charge on any atom is -0.480 e. The lowest BCUT2D eigenvalue weighted by atomic mass is 9.85. The zero-order valence-corrected chi connectivity index (χ0v) is 12.9. The summed E-state index contributed by atoms with van der Waals surface area (Å²) in [6.45, 7) is 7.91. The van der Waals surface area contributed by atoms with Gasteiger partial charge in [0.1, 0.15) is 6.04 Å². The van der Waals surface area contributed by atoms with Crippen LogP contribution in [0.1, 0.15) is 40.5 Å². The van der Waals surface area contributed by atoms with Gasteiger partial charge in [-0.25, -0.2) is 4.79 Å². The van der Waals surface area contributed by atoms with Crippen LogP contribution in [0.15, 0.2) is 0 Å². The Bertz CT molecular complexity index is 354. The molecule has 6 heteroatoms. The quantitative estimate of drug-likeness (QED) is 0.819. The van der Waals surface area contributed by atoms with Gasteiger partial charge in [0.25, 0.3) is 0 Å². The van der Waals surface area contributed by atoms with Gasteiger partial charge in [-0.2, -0.15) is 0 Å². The molecule has 0 radical (unpaired) electrons. The Morgan fingerprint density at radius 3 is 2.47 bits per heavy atom. The lowest BCUT2D eigenvalue weighted by Crippen LogP contribution is -2.48. The molecular formula is C13H24N2O3S. The number of carboxylic acids is 1. The maximum absolute atomic E-state index is 12.4. The molecule has 1 heterocycles. The van der Waals surface area contributed by atoms with E-state index in [0.717, 1.165) is 6.42 Å². The number of amides is 1. The van der Waals surface area contributed by atoms with Gasteiger partial charge in [0.15, 0.2) is 0 Å². The Morgan fingerprint density at radius 2 is 2.05 bits per heavy atom. The first-order chi connectivity index (χ1) is 8.68. The van der Waals surface area contributed by atoms with Crippen molar-refractivity contribution in [3.05, 3.63) is 0 Å². The van der Waals surface area contributed by atoms with Gasteiger partial charge in [-0.3, -0.25) is 4.79 Å². The summed E-state index contributed by atoms with van der Waals surface area (Å²) < 4.78 is 0. The molecule has 3 N–H and O–H groups in total. The van der Waals surface area contributed by atoms with Crippen LogP contribution < -0.4 is 5.73 Å². The van der Waals surface area contributed by atoms with Crippen molar-refractivity contribution in [1.29, 1.82) is 0 Å². The highest BCUT2D eigenvalue weighted by atomic mass is 32.2. The molecule has 110 valence electrons. The van der Waals surface area contributed by atoms with Crippen LogP contribution in [-0.2, 0) is 9.59 Å². The monoisotopic (exact) mass is 288 g/mol. The van der Waals surface area contributed by atoms with E-state index < -0.39 is 12.0 Å². The van der Waals surface area contributed by atoms with Crippen LogP contribution in [0, 0.1) is 5.41 Å². The number of hydrogen-bond donors (Lipinski definition) is 2. The van der Waals surface area contributed by atoms with Crippen LogP contribution >= 0.6 is 11.8 Å². The number of nitrogens with two attached hydrogens (primary N) is 1. The Morgan fingerprint density at radius 1 is 1.47 bits per heavy atom. The van der Waals surface area contributed by atoms with Gasteiger partial charge in [-0.05, 0) is 11.8 Å². The van der Waals surface area contributed by atoms with Gasteiger partial charge in [-0.1, -0.05) is 27.7 Å². The minimum atomic E-state index is -0.930. The summed E-state index contributed by atoms with van der Waals surface area (Å²) in [5.41, 5.74) is 5.86. The molecule has 0 aromatic heterocycles. The summed E-state index contributed by atoms with van der Waals surface area (Å²) in [6, 6.07) is -0.979. The van der Waals surface area contributed by atoms with Crippen LogP contribution in [0.2, 0.25) is 0 Å². The van der Waals surface area contributed by atoms with E-state index in [1.165, 1.54) is 16.7 Å². The van der Waals surface area contributed by atoms with Crippen LogP contribution in [0.5, 0.6) is 0 Å². The van der Waals surface area contributed by atoms with Crippen molar-refractivity contribution in [1.82, 2.24) is 4.90 Å². The molecule has 1 saturated heterocycles. The molecule has 1 rings (SSSR count). The number of rotatable bonds is 4. The number of hydrogen-bond acceptors (Lipinski definition) is 4. The summed E-state index contributed by atoms with van der Waals surface area (Å²) >= 11 is 1.53. The summed E-state index contributed by atoms with van der Waals surface area (Å²) in [6.07, 6.45) is 0.954. The second-order valence-corrected chi connectivity index (χ2v) is 7.24. The molecule has 1 amide bonds. The van der Waals surface area contributed by atoms with E-state index in [2.05, 4.69) is 0 Å². The topological polar surface area (TPSA) is 83.6 Å². The Labute approximate surface area is 118 Å². The predicted octanol–water partition coefficient (Wildman–Crippen LogP) is 1.51. The molecule has 3 unspecified atom stereocenters. The SMILES string of the molecule is CCC1SCC(C(=O)O)N1C(=O)CC(N)C(C)(C)C. The first-order valence-electron chi connectivity index (χ1n) is 6.59. The van der Waals surface area contributed by atoms with Crippen LogP contribution in [0.3, 0.4) is 0 Å². The number of thioether (sulfide) groups is 1. The predicted molar refractivity (Wildman–Crippen MR) is 76.9 cm³/mol. The summed E-state index contributed by atoms with van der Waals surface area (Å²) in [5, 5.41) is 9.16. The van der Waals surface area contributed by atoms with Gasteiger partial charge in [0.2, 0.25) is 5.91 Å². The van der Waals surface area contributed by atoms with Gasteiger partial charge in [-0.15, -0.1) is 11.8 Å². The van der Waals surface area contributed by atoms with E-state index in [4.69, 9.17) is 5.73 Å². The van der Waals surface area contributed by atoms with E-state index in [9.17, 15) is 14.7 Å². The highest BCUT2D eigenvalue weighted by molar-refractivity contribution is 8.00. The second-order valence-electron chi connectivity index (χ2n) is 6.03. The number of nitrogens with zero attached hydrogens (tertiary/aromatic N) is 1. The average molecular weight is 288 g/mol. The molecule has 0 aromatic carbocycles. The van der Waals surface area contributed by atoms with Gasteiger partial charge in [0, 0.05) is 18.2 Å². The first-order valence-corrected chi connectivity index (χ1v) is 7.64. The molecule has 5 nitrogen and oxygen atoms in total. The standard InChI is InChI=1S/C13H24N2O3S/c1-5-11-15(8(7-19-11)12(17)18)10(16)6-9(14)13(2,3)4/h8-9,11H,5-7,14H2,1-4H3,(H,17,18). The van der Waals surface area contributed by atoms with Crippen LogP contribution in [0.25, 0.3) is 0 Å². The summed E-state index contributed by atoms with van der Waals surface area (Å²) in [4.78, 5) is 25.1. The highest BCUT2D eigenvalue weighted by Gasteiger charge is 2.41. The average Bonchev–Trinajstić information content (AvgIpc) is 2.70. The Kier molecular flexibility index (Phi) is 5.26. The fourth-order valence-corrected chi connectivity index (χ4v) is 3.37. The van der Waals surface area contributed by atoms with E-state index in [1.807, 2.05) is 27.7 Å². The van der Waals surface area contributed by atoms with E-state index in [0.29, 0.717) is 5.75 Å². The molecule has 0 aliphatic carbocycles. The fourth-order valence-electron chi connectivity index (χ4n) is 2.00. The third kappa shape index (κ3) is 3.86. The molecule has 3 atom stereocenters. The second kappa shape index (κ2) is 6.13. The van der Waals surface area contributed by atoms with Crippen molar-refractivity contribution < 1.29 is 14.7 Å². The largest absolute Gasteiger partial charge is 0.480 e. The maximum atomic E-state index is 12.4. The van der Waals surface area contributed by atoms with Crippen LogP contribution in [-0.4, -0.2) is 45.1 Å². The van der Waals surface area contributed by atoms with Gasteiger partial charge < -0.3 is 15.7 Å². The Balaban J connectivity index is 2.79. The summed E-state index contributed by atoms with van der Waals surface area (Å²) in [7, 11) is 0. The van der Waals surface area contributed by atoms with Crippen molar-refractivity contribution in [2.45, 2.75) is 58.0 Å². The summed E-state index contributed by atoms with van der Waals surface area (Å²) in [5.74, 6) is -0.613. The fraction of sp³-hybridized carbons (Fsp3) is 0.846. The zero-order chi connectivity index (χ0) is 14.8. The van der Waals surface area contributed by atoms with Gasteiger partial charge in [0.05, 0.1) is 5.37 Å². The molecule has 1 aliphatic heterocycles. The molecular weight excluding hydrogens is 264 g/mol. The Hall–Kier alpha value is -0.750. The van der Waals surface area contributed by atoms with Crippen molar-refractivity contribution in [2.24, 2.45) is 11.1 Å². The van der Waals surface area contributed by atoms with E-state index >= 15 is 0 Å². The highest BCUT2D eigenvalue weighted by Crippen LogP contribution is 2.32. The number of carbonyl (C=O) groups excluding carboxylic acids is 1. The molecule has 1 aliphatic rings. The lowest BCUT2D eigenvalue weighted by molar-refractivity contribution is -0.149. The molecule has 0 spiro atoms. The maximum Gasteiger partial charge on any atom is 0.327 e. The number of aliphatic carboxylic acids is 1. The molecule has 0 bridgehead atoms. The third-order valence-electron chi connectivity index (χ3n) is 3.52. The van der Waals surface area contributed by atoms with Crippen molar-refractivity contribution >= 4 is 23.6 Å². The molecule has 0 saturated carbocycles. The van der Waals surface area contributed by atoms with Gasteiger partial charge >= 0.3 is 5.97 Å². The third-order valence-corrected chi connectivity index (χ3v) is 4.98. The van der Waals surface area contributed by atoms with Crippen molar-refractivity contribution in [3.63, 3.8) is 0 Å². The first kappa shape index (κ1) is 16.3. The molecule has 19 heavy (non-hydrogen) atoms. The number of carboxylic acid groups (broad SMARTS) is 1. The molecule has 1 fully saturated rings. The van der Waals surface area contributed by atoms with Crippen molar-refractivity contribution in [2.75, 3.05) is 5.75 Å². The van der Waals surface area contributed by atoms with E-state index in [-0.39, 0.29) is 29.2 Å². The minimum absolute atomic E-state index is 0.0410. The smallest absolute Gasteiger partial charge is 0.327 e. The number of carbonyl (C=O) groups is 2. The normalized spacial score (nSPS) is 25.4.